The molecule has 0 spiro atoms. The van der Waals surface area contributed by atoms with Gasteiger partial charge in [-0.15, -0.1) is 0 Å². The van der Waals surface area contributed by atoms with E-state index in [4.69, 9.17) is 37.4 Å². The van der Waals surface area contributed by atoms with Gasteiger partial charge in [-0.05, 0) is 25.0 Å². The molecule has 2 amide bonds. The van der Waals surface area contributed by atoms with Crippen LogP contribution >= 0.6 is 23.2 Å². The second kappa shape index (κ2) is 9.19. The Labute approximate surface area is 162 Å². The van der Waals surface area contributed by atoms with E-state index >= 15 is 0 Å². The van der Waals surface area contributed by atoms with Gasteiger partial charge in [0.25, 0.3) is 11.8 Å². The molecule has 144 valence electrons. The molecule has 1 fully saturated rings. The Kier molecular flexibility index (Phi) is 7.23. The van der Waals surface area contributed by atoms with Crippen LogP contribution < -0.4 is 19.5 Å². The lowest BCUT2D eigenvalue weighted by Gasteiger charge is -2.32. The summed E-state index contributed by atoms with van der Waals surface area (Å²) in [7, 11) is 4.49. The Bertz CT molecular complexity index is 636. The highest BCUT2D eigenvalue weighted by Crippen LogP contribution is 2.38. The highest BCUT2D eigenvalue weighted by Gasteiger charge is 2.27. The first-order valence-electron chi connectivity index (χ1n) is 8.09. The fraction of sp³-hybridized carbons (Fsp3) is 0.529. The summed E-state index contributed by atoms with van der Waals surface area (Å²) in [5.41, 5.74) is 0.402. The molecule has 0 saturated carbocycles. The van der Waals surface area contributed by atoms with Crippen LogP contribution in [0.2, 0.25) is 0 Å². The summed E-state index contributed by atoms with van der Waals surface area (Å²) >= 11 is 11.2. The van der Waals surface area contributed by atoms with Crippen LogP contribution in [0.15, 0.2) is 12.1 Å². The van der Waals surface area contributed by atoms with Crippen molar-refractivity contribution in [1.82, 2.24) is 10.2 Å². The zero-order valence-electron chi connectivity index (χ0n) is 14.9. The molecule has 0 radical (unpaired) electrons. The van der Waals surface area contributed by atoms with E-state index < -0.39 is 4.84 Å². The number of carbonyl (C=O) groups is 2. The topological polar surface area (TPSA) is 77.1 Å². The quantitative estimate of drug-likeness (QED) is 0.735. The molecule has 1 heterocycles. The Hall–Kier alpha value is -1.86. The molecule has 2 rings (SSSR count). The van der Waals surface area contributed by atoms with Crippen molar-refractivity contribution in [3.05, 3.63) is 17.7 Å². The second-order valence-electron chi connectivity index (χ2n) is 5.79. The van der Waals surface area contributed by atoms with Crippen molar-refractivity contribution in [2.45, 2.75) is 23.7 Å². The van der Waals surface area contributed by atoms with Gasteiger partial charge in [0.2, 0.25) is 5.75 Å². The van der Waals surface area contributed by atoms with Gasteiger partial charge in [0.1, 0.15) is 0 Å². The normalized spacial score (nSPS) is 14.9. The van der Waals surface area contributed by atoms with E-state index in [-0.39, 0.29) is 17.9 Å². The first kappa shape index (κ1) is 20.5. The van der Waals surface area contributed by atoms with Crippen molar-refractivity contribution in [2.75, 3.05) is 34.4 Å². The Balaban J connectivity index is 2.04. The first-order valence-corrected chi connectivity index (χ1v) is 8.96. The molecule has 1 saturated heterocycles. The van der Waals surface area contributed by atoms with Crippen molar-refractivity contribution in [1.29, 1.82) is 0 Å². The molecular formula is C17H22Cl2N2O5. The van der Waals surface area contributed by atoms with Gasteiger partial charge in [-0.3, -0.25) is 9.59 Å². The number of nitrogens with one attached hydrogen (secondary N) is 1. The van der Waals surface area contributed by atoms with E-state index in [0.29, 0.717) is 48.7 Å². The van der Waals surface area contributed by atoms with Gasteiger partial charge >= 0.3 is 0 Å². The number of nitrogens with zero attached hydrogens (tertiary/aromatic N) is 1. The number of amides is 2. The van der Waals surface area contributed by atoms with Gasteiger partial charge in [-0.2, -0.15) is 0 Å². The number of piperidine rings is 1. The Morgan fingerprint density at radius 3 is 2.04 bits per heavy atom. The summed E-state index contributed by atoms with van der Waals surface area (Å²) in [6, 6.07) is 3.15. The summed E-state index contributed by atoms with van der Waals surface area (Å²) in [6.45, 7) is 0.990. The third-order valence-electron chi connectivity index (χ3n) is 4.26. The van der Waals surface area contributed by atoms with Crippen LogP contribution in [0.1, 0.15) is 23.2 Å². The number of likely N-dealkylation sites (tertiary alicyclic amines) is 1. The largest absolute Gasteiger partial charge is 0.493 e. The van der Waals surface area contributed by atoms with Crippen molar-refractivity contribution < 1.29 is 23.8 Å². The SMILES string of the molecule is COc1cc(C(=O)NC2CCN(C(=O)C(Cl)Cl)CC2)cc(OC)c1OC. The van der Waals surface area contributed by atoms with Gasteiger partial charge in [0, 0.05) is 24.7 Å². The van der Waals surface area contributed by atoms with Gasteiger partial charge in [-0.1, -0.05) is 23.2 Å². The molecule has 0 aromatic heterocycles. The lowest BCUT2D eigenvalue weighted by molar-refractivity contribution is -0.130. The number of methoxy groups -OCH3 is 3. The van der Waals surface area contributed by atoms with E-state index in [0.717, 1.165) is 0 Å². The number of ether oxygens (including phenoxy) is 3. The van der Waals surface area contributed by atoms with E-state index in [2.05, 4.69) is 5.32 Å². The number of carbonyl (C=O) groups excluding carboxylic acids is 2. The lowest BCUT2D eigenvalue weighted by atomic mass is 10.0. The van der Waals surface area contributed by atoms with Gasteiger partial charge in [0.15, 0.2) is 16.3 Å². The summed E-state index contributed by atoms with van der Waals surface area (Å²) < 4.78 is 15.8. The molecule has 1 N–H and O–H groups in total. The number of hydrogen-bond donors (Lipinski definition) is 1. The number of halogens is 2. The standard InChI is InChI=1S/C17H22Cl2N2O5/c1-24-12-8-10(9-13(25-2)14(12)26-3)16(22)20-11-4-6-21(7-5-11)17(23)15(18)19/h8-9,11,15H,4-7H2,1-3H3,(H,20,22). The van der Waals surface area contributed by atoms with Crippen LogP contribution in [0.4, 0.5) is 0 Å². The second-order valence-corrected chi connectivity index (χ2v) is 6.88. The number of benzene rings is 1. The average Bonchev–Trinajstić information content (AvgIpc) is 2.66. The maximum atomic E-state index is 12.6. The van der Waals surface area contributed by atoms with Crippen molar-refractivity contribution in [3.63, 3.8) is 0 Å². The van der Waals surface area contributed by atoms with Crippen LogP contribution in [0, 0.1) is 0 Å². The van der Waals surface area contributed by atoms with Gasteiger partial charge in [0.05, 0.1) is 21.3 Å². The number of alkyl halides is 2. The third kappa shape index (κ3) is 4.65. The molecule has 1 aromatic carbocycles. The van der Waals surface area contributed by atoms with Crippen LogP contribution in [0.25, 0.3) is 0 Å². The zero-order chi connectivity index (χ0) is 19.3. The maximum Gasteiger partial charge on any atom is 0.255 e. The van der Waals surface area contributed by atoms with Gasteiger partial charge < -0.3 is 24.4 Å². The van der Waals surface area contributed by atoms with Crippen LogP contribution in [-0.4, -0.2) is 62.0 Å². The lowest BCUT2D eigenvalue weighted by Crippen LogP contribution is -2.47. The molecule has 0 aliphatic carbocycles. The summed E-state index contributed by atoms with van der Waals surface area (Å²) in [5, 5.41) is 2.97. The number of rotatable bonds is 6. The summed E-state index contributed by atoms with van der Waals surface area (Å²) in [4.78, 5) is 24.9. The molecule has 1 aromatic rings. The maximum absolute atomic E-state index is 12.6. The fourth-order valence-corrected chi connectivity index (χ4v) is 3.14. The molecular weight excluding hydrogens is 383 g/mol. The van der Waals surface area contributed by atoms with E-state index in [1.807, 2.05) is 0 Å². The fourth-order valence-electron chi connectivity index (χ4n) is 2.86. The van der Waals surface area contributed by atoms with E-state index in [9.17, 15) is 9.59 Å². The molecule has 0 bridgehead atoms. The predicted molar refractivity (Wildman–Crippen MR) is 98.7 cm³/mol. The van der Waals surface area contributed by atoms with E-state index in [1.165, 1.54) is 21.3 Å². The Morgan fingerprint density at radius 2 is 1.62 bits per heavy atom. The summed E-state index contributed by atoms with van der Waals surface area (Å²) in [5.74, 6) is 0.694. The molecule has 1 aliphatic heterocycles. The first-order chi connectivity index (χ1) is 12.4. The zero-order valence-corrected chi connectivity index (χ0v) is 16.4. The highest BCUT2D eigenvalue weighted by molar-refractivity contribution is 6.53. The third-order valence-corrected chi connectivity index (χ3v) is 4.63. The smallest absolute Gasteiger partial charge is 0.255 e. The van der Waals surface area contributed by atoms with E-state index in [1.54, 1.807) is 17.0 Å². The van der Waals surface area contributed by atoms with Crippen molar-refractivity contribution in [3.8, 4) is 17.2 Å². The Morgan fingerprint density at radius 1 is 1.08 bits per heavy atom. The predicted octanol–water partition coefficient (Wildman–Crippen LogP) is 2.24. The van der Waals surface area contributed by atoms with Crippen LogP contribution in [-0.2, 0) is 4.79 Å². The molecule has 26 heavy (non-hydrogen) atoms. The summed E-state index contributed by atoms with van der Waals surface area (Å²) in [6.07, 6.45) is 1.25. The molecule has 0 unspecified atom stereocenters. The van der Waals surface area contributed by atoms with Crippen LogP contribution in [0.3, 0.4) is 0 Å². The average molecular weight is 405 g/mol. The van der Waals surface area contributed by atoms with Crippen molar-refractivity contribution >= 4 is 35.0 Å². The monoisotopic (exact) mass is 404 g/mol. The molecule has 7 nitrogen and oxygen atoms in total. The minimum Gasteiger partial charge on any atom is -0.493 e. The van der Waals surface area contributed by atoms with Gasteiger partial charge in [-0.25, -0.2) is 0 Å². The molecule has 9 heteroatoms. The van der Waals surface area contributed by atoms with Crippen molar-refractivity contribution in [2.24, 2.45) is 0 Å². The molecule has 0 atom stereocenters. The minimum atomic E-state index is -1.06. The highest BCUT2D eigenvalue weighted by atomic mass is 35.5. The minimum absolute atomic E-state index is 0.0465. The van der Waals surface area contributed by atoms with Crippen LogP contribution in [0.5, 0.6) is 17.2 Å². The number of hydrogen-bond acceptors (Lipinski definition) is 5. The molecule has 1 aliphatic rings.